The van der Waals surface area contributed by atoms with Crippen LogP contribution in [0.4, 0.5) is 0 Å². The predicted molar refractivity (Wildman–Crippen MR) is 106 cm³/mol. The molecule has 0 radical (unpaired) electrons. The number of aliphatic hydroxyl groups excluding tert-OH is 2. The van der Waals surface area contributed by atoms with Crippen LogP contribution in [0.15, 0.2) is 0 Å². The number of carbonyl (C=O) groups excluding carboxylic acids is 1. The molecule has 10 nitrogen and oxygen atoms in total. The van der Waals surface area contributed by atoms with Crippen LogP contribution in [0.1, 0.15) is 54.4 Å². The fraction of sp³-hybridized carbons (Fsp3) is 0.952. The van der Waals surface area contributed by atoms with Crippen molar-refractivity contribution in [1.29, 1.82) is 0 Å². The van der Waals surface area contributed by atoms with E-state index in [1.165, 1.54) is 6.92 Å². The lowest BCUT2D eigenvalue weighted by Crippen LogP contribution is -2.63. The van der Waals surface area contributed by atoms with E-state index in [1.54, 1.807) is 20.8 Å². The summed E-state index contributed by atoms with van der Waals surface area (Å²) in [6.07, 6.45) is -6.54. The average molecular weight is 449 g/mol. The van der Waals surface area contributed by atoms with E-state index in [4.69, 9.17) is 33.2 Å². The van der Waals surface area contributed by atoms with Crippen molar-refractivity contribution in [2.45, 2.75) is 122 Å². The zero-order chi connectivity index (χ0) is 22.9. The standard InChI is InChI=1S/C21H36O10/c1-7-8-9-25-14-10(2)27-20(18-17(14)30-21(5,6)31-18)29-16-13(23)19(24)26-11(3)15(16)28-12(4)22/h10-11,13-20,23-24H,7-9H2,1-6H3/t10?,11?,13-,14+,15+,16?,17?,18+,19?,20+/m1/s1. The normalized spacial score (nSPS) is 44.6. The molecule has 0 aromatic heterocycles. The third-order valence-electron chi connectivity index (χ3n) is 5.74. The molecule has 10 heteroatoms. The highest BCUT2D eigenvalue weighted by atomic mass is 16.8. The second-order valence-corrected chi connectivity index (χ2v) is 8.86. The van der Waals surface area contributed by atoms with Crippen molar-refractivity contribution >= 4 is 5.97 Å². The number of hydrogen-bond acceptors (Lipinski definition) is 10. The zero-order valence-electron chi connectivity index (χ0n) is 19.1. The largest absolute Gasteiger partial charge is 0.457 e. The molecule has 3 aliphatic heterocycles. The molecule has 2 N–H and O–H groups in total. The smallest absolute Gasteiger partial charge is 0.303 e. The molecule has 180 valence electrons. The monoisotopic (exact) mass is 448 g/mol. The second kappa shape index (κ2) is 9.96. The van der Waals surface area contributed by atoms with Crippen LogP contribution in [0.3, 0.4) is 0 Å². The lowest BCUT2D eigenvalue weighted by atomic mass is 9.97. The number of hydrogen-bond donors (Lipinski definition) is 2. The van der Waals surface area contributed by atoms with Gasteiger partial charge in [-0.25, -0.2) is 0 Å². The minimum atomic E-state index is -1.49. The first-order chi connectivity index (χ1) is 14.5. The van der Waals surface area contributed by atoms with Gasteiger partial charge in [-0.05, 0) is 34.1 Å². The first kappa shape index (κ1) is 24.8. The Bertz CT molecular complexity index is 613. The molecule has 10 atom stereocenters. The zero-order valence-corrected chi connectivity index (χ0v) is 19.1. The van der Waals surface area contributed by atoms with Crippen LogP contribution in [-0.2, 0) is 38.0 Å². The molecule has 3 aliphatic rings. The van der Waals surface area contributed by atoms with Crippen LogP contribution in [0.2, 0.25) is 0 Å². The maximum absolute atomic E-state index is 11.6. The van der Waals surface area contributed by atoms with Crippen molar-refractivity contribution in [3.63, 3.8) is 0 Å². The molecule has 5 unspecified atom stereocenters. The van der Waals surface area contributed by atoms with Crippen LogP contribution < -0.4 is 0 Å². The highest BCUT2D eigenvalue weighted by molar-refractivity contribution is 5.66. The van der Waals surface area contributed by atoms with E-state index in [1.807, 2.05) is 6.92 Å². The maximum atomic E-state index is 11.6. The molecule has 0 bridgehead atoms. The highest BCUT2D eigenvalue weighted by Gasteiger charge is 2.57. The number of aliphatic hydroxyl groups is 2. The molecule has 3 saturated heterocycles. The molecule has 3 heterocycles. The minimum absolute atomic E-state index is 0.355. The number of fused-ring (bicyclic) bond motifs is 1. The topological polar surface area (TPSA) is 122 Å². The van der Waals surface area contributed by atoms with Gasteiger partial charge in [0, 0.05) is 13.5 Å². The van der Waals surface area contributed by atoms with Gasteiger partial charge >= 0.3 is 5.97 Å². The highest BCUT2D eigenvalue weighted by Crippen LogP contribution is 2.40. The Morgan fingerprint density at radius 1 is 1.00 bits per heavy atom. The summed E-state index contributed by atoms with van der Waals surface area (Å²) in [5.41, 5.74) is 0. The number of unbranched alkanes of at least 4 members (excludes halogenated alkanes) is 1. The number of ether oxygens (including phenoxy) is 7. The quantitative estimate of drug-likeness (QED) is 0.428. The van der Waals surface area contributed by atoms with E-state index in [2.05, 4.69) is 6.92 Å². The molecule has 0 spiro atoms. The Kier molecular flexibility index (Phi) is 7.97. The first-order valence-electron chi connectivity index (χ1n) is 11.0. The second-order valence-electron chi connectivity index (χ2n) is 8.86. The third kappa shape index (κ3) is 5.56. The molecule has 0 amide bonds. The number of esters is 1. The van der Waals surface area contributed by atoms with Gasteiger partial charge in [-0.2, -0.15) is 0 Å². The van der Waals surface area contributed by atoms with Gasteiger partial charge in [-0.3, -0.25) is 4.79 Å². The summed E-state index contributed by atoms with van der Waals surface area (Å²) < 4.78 is 41.0. The molecule has 3 rings (SSSR count). The van der Waals surface area contributed by atoms with Gasteiger partial charge < -0.3 is 43.4 Å². The van der Waals surface area contributed by atoms with E-state index in [9.17, 15) is 15.0 Å². The molecule has 0 saturated carbocycles. The Hall–Kier alpha value is -0.850. The molecular weight excluding hydrogens is 412 g/mol. The average Bonchev–Trinajstić information content (AvgIpc) is 3.00. The van der Waals surface area contributed by atoms with E-state index >= 15 is 0 Å². The molecule has 3 fully saturated rings. The molecule has 0 aromatic rings. The van der Waals surface area contributed by atoms with Gasteiger partial charge in [0.25, 0.3) is 0 Å². The maximum Gasteiger partial charge on any atom is 0.303 e. The van der Waals surface area contributed by atoms with Gasteiger partial charge in [0.2, 0.25) is 0 Å². The van der Waals surface area contributed by atoms with Gasteiger partial charge in [-0.15, -0.1) is 0 Å². The molecular formula is C21H36O10. The van der Waals surface area contributed by atoms with Gasteiger partial charge in [0.1, 0.15) is 30.5 Å². The van der Waals surface area contributed by atoms with Crippen molar-refractivity contribution in [2.75, 3.05) is 6.61 Å². The van der Waals surface area contributed by atoms with Crippen LogP contribution in [0, 0.1) is 0 Å². The summed E-state index contributed by atoms with van der Waals surface area (Å²) in [6.45, 7) is 11.0. The fourth-order valence-electron chi connectivity index (χ4n) is 4.29. The summed E-state index contributed by atoms with van der Waals surface area (Å²) in [6, 6.07) is 0. The summed E-state index contributed by atoms with van der Waals surface area (Å²) in [5, 5.41) is 20.6. The van der Waals surface area contributed by atoms with Crippen molar-refractivity contribution in [1.82, 2.24) is 0 Å². The van der Waals surface area contributed by atoms with Crippen molar-refractivity contribution < 1.29 is 48.2 Å². The first-order valence-corrected chi connectivity index (χ1v) is 11.0. The van der Waals surface area contributed by atoms with E-state index < -0.39 is 61.0 Å². The van der Waals surface area contributed by atoms with Crippen LogP contribution in [0.5, 0.6) is 0 Å². The Morgan fingerprint density at radius 3 is 2.29 bits per heavy atom. The molecule has 31 heavy (non-hydrogen) atoms. The third-order valence-corrected chi connectivity index (χ3v) is 5.74. The van der Waals surface area contributed by atoms with Gasteiger partial charge in [0.15, 0.2) is 24.5 Å². The summed E-state index contributed by atoms with van der Waals surface area (Å²) >= 11 is 0. The fourth-order valence-corrected chi connectivity index (χ4v) is 4.29. The minimum Gasteiger partial charge on any atom is -0.457 e. The Morgan fingerprint density at radius 2 is 1.65 bits per heavy atom. The number of carbonyl (C=O) groups is 1. The van der Waals surface area contributed by atoms with Crippen molar-refractivity contribution in [3.8, 4) is 0 Å². The Labute approximate surface area is 183 Å². The summed E-state index contributed by atoms with van der Waals surface area (Å²) in [5.74, 6) is -1.44. The van der Waals surface area contributed by atoms with E-state index in [0.29, 0.717) is 6.61 Å². The predicted octanol–water partition coefficient (Wildman–Crippen LogP) is 0.852. The SMILES string of the molecule is CCCCO[C@H]1C(C)O[C@@H](OC2[C@@H](O)C(O)OC(C)[C@@H]2OC(C)=O)[C@H]2OC(C)(C)OC12. The lowest BCUT2D eigenvalue weighted by Gasteiger charge is -2.45. The van der Waals surface area contributed by atoms with Crippen LogP contribution >= 0.6 is 0 Å². The van der Waals surface area contributed by atoms with Gasteiger partial charge in [-0.1, -0.05) is 13.3 Å². The van der Waals surface area contributed by atoms with Gasteiger partial charge in [0.05, 0.1) is 12.2 Å². The number of rotatable bonds is 7. The van der Waals surface area contributed by atoms with Crippen LogP contribution in [0.25, 0.3) is 0 Å². The van der Waals surface area contributed by atoms with Crippen molar-refractivity contribution in [3.05, 3.63) is 0 Å². The summed E-state index contributed by atoms with van der Waals surface area (Å²) in [7, 11) is 0. The Balaban J connectivity index is 1.80. The van der Waals surface area contributed by atoms with E-state index in [-0.39, 0.29) is 12.2 Å². The van der Waals surface area contributed by atoms with Crippen LogP contribution in [-0.4, -0.2) is 90.0 Å². The lowest BCUT2D eigenvalue weighted by molar-refractivity contribution is -0.343. The molecule has 0 aliphatic carbocycles. The molecule has 0 aromatic carbocycles. The van der Waals surface area contributed by atoms with E-state index in [0.717, 1.165) is 12.8 Å². The van der Waals surface area contributed by atoms with Crippen molar-refractivity contribution in [2.24, 2.45) is 0 Å². The summed E-state index contributed by atoms with van der Waals surface area (Å²) in [4.78, 5) is 11.6.